The van der Waals surface area contributed by atoms with Crippen molar-refractivity contribution >= 4 is 18.5 Å². The normalized spacial score (nSPS) is 11.1. The second kappa shape index (κ2) is 22.5. The fourth-order valence-electron chi connectivity index (χ4n) is 4.72. The van der Waals surface area contributed by atoms with Gasteiger partial charge < -0.3 is 4.90 Å². The van der Waals surface area contributed by atoms with E-state index in [-0.39, 0.29) is 5.91 Å². The largest absolute Gasteiger partial charge is 0.339 e. The molecule has 0 radical (unpaired) electrons. The van der Waals surface area contributed by atoms with E-state index in [0.29, 0.717) is 0 Å². The molecule has 0 aliphatic carbocycles. The van der Waals surface area contributed by atoms with Gasteiger partial charge in [0.25, 0.3) is 5.91 Å². The lowest BCUT2D eigenvalue weighted by Gasteiger charge is -2.23. The summed E-state index contributed by atoms with van der Waals surface area (Å²) in [6.45, 7) is 6.34. The summed E-state index contributed by atoms with van der Waals surface area (Å²) < 4.78 is 0. The van der Waals surface area contributed by atoms with Crippen molar-refractivity contribution in [3.8, 4) is 0 Å². The highest BCUT2D eigenvalue weighted by Gasteiger charge is 2.15. The Morgan fingerprint density at radius 2 is 1.00 bits per heavy atom. The minimum atomic E-state index is 0.183. The van der Waals surface area contributed by atoms with Crippen LogP contribution < -0.4 is 0 Å². The van der Waals surface area contributed by atoms with Crippen LogP contribution in [-0.4, -0.2) is 23.9 Å². The van der Waals surface area contributed by atoms with Gasteiger partial charge in [0.1, 0.15) is 0 Å². The third-order valence-corrected chi connectivity index (χ3v) is 7.22. The van der Waals surface area contributed by atoms with E-state index in [1.165, 1.54) is 116 Å². The van der Waals surface area contributed by atoms with Crippen LogP contribution in [0.3, 0.4) is 0 Å². The molecule has 0 aliphatic rings. The third-order valence-electron chi connectivity index (χ3n) is 6.94. The topological polar surface area (TPSA) is 20.3 Å². The quantitative estimate of drug-likeness (QED) is 0.120. The Bertz CT molecular complexity index is 579. The van der Waals surface area contributed by atoms with E-state index < -0.39 is 0 Å². The molecule has 1 aromatic carbocycles. The predicted molar refractivity (Wildman–Crippen MR) is 153 cm³/mol. The second-order valence-corrected chi connectivity index (χ2v) is 10.7. The summed E-state index contributed by atoms with van der Waals surface area (Å²) in [7, 11) is 0. The first-order valence-corrected chi connectivity index (χ1v) is 15.2. The summed E-state index contributed by atoms with van der Waals surface area (Å²) in [6, 6.07) is 7.73. The Labute approximate surface area is 218 Å². The van der Waals surface area contributed by atoms with Crippen LogP contribution >= 0.6 is 12.6 Å². The van der Waals surface area contributed by atoms with E-state index in [9.17, 15) is 4.79 Å². The second-order valence-electron chi connectivity index (χ2n) is 10.2. The molecule has 0 atom stereocenters. The minimum Gasteiger partial charge on any atom is -0.339 e. The molecule has 0 spiro atoms. The fourth-order valence-corrected chi connectivity index (χ4v) is 4.94. The van der Waals surface area contributed by atoms with Crippen molar-refractivity contribution in [2.75, 3.05) is 13.1 Å². The zero-order valence-corrected chi connectivity index (χ0v) is 23.6. The summed E-state index contributed by atoms with van der Waals surface area (Å²) in [6.07, 6.45) is 26.6. The van der Waals surface area contributed by atoms with Crippen LogP contribution in [0.2, 0.25) is 0 Å². The van der Waals surface area contributed by atoms with Crippen LogP contribution in [0.15, 0.2) is 29.2 Å². The molecule has 0 aromatic heterocycles. The number of carbonyl (C=O) groups is 1. The molecule has 0 N–H and O–H groups in total. The van der Waals surface area contributed by atoms with Gasteiger partial charge in [-0.1, -0.05) is 135 Å². The van der Waals surface area contributed by atoms with Crippen molar-refractivity contribution in [3.05, 3.63) is 29.8 Å². The summed E-state index contributed by atoms with van der Waals surface area (Å²) in [5.41, 5.74) is 0.784. The van der Waals surface area contributed by atoms with Crippen molar-refractivity contribution in [2.24, 2.45) is 0 Å². The van der Waals surface area contributed by atoms with E-state index in [4.69, 9.17) is 0 Å². The molecule has 0 bridgehead atoms. The third kappa shape index (κ3) is 16.6. The number of rotatable bonds is 23. The smallest absolute Gasteiger partial charge is 0.253 e. The summed E-state index contributed by atoms with van der Waals surface area (Å²) in [4.78, 5) is 16.1. The van der Waals surface area contributed by atoms with Gasteiger partial charge in [-0.25, -0.2) is 0 Å². The molecule has 196 valence electrons. The van der Waals surface area contributed by atoms with Gasteiger partial charge in [0.05, 0.1) is 0 Å². The molecule has 0 unspecified atom stereocenters. The number of carbonyl (C=O) groups excluding carboxylic acids is 1. The van der Waals surface area contributed by atoms with E-state index >= 15 is 0 Å². The summed E-state index contributed by atoms with van der Waals surface area (Å²) >= 11 is 4.44. The Morgan fingerprint density at radius 1 is 0.618 bits per heavy atom. The van der Waals surface area contributed by atoms with Crippen LogP contribution in [0.4, 0.5) is 0 Å². The lowest BCUT2D eigenvalue weighted by molar-refractivity contribution is 0.0749. The zero-order valence-electron chi connectivity index (χ0n) is 22.7. The monoisotopic (exact) mass is 489 g/mol. The molecule has 0 aliphatic heterocycles. The highest BCUT2D eigenvalue weighted by molar-refractivity contribution is 7.80. The van der Waals surface area contributed by atoms with E-state index in [1.807, 2.05) is 24.3 Å². The molecule has 34 heavy (non-hydrogen) atoms. The maximum atomic E-state index is 13.2. The first-order chi connectivity index (χ1) is 16.7. The number of hydrogen-bond donors (Lipinski definition) is 1. The van der Waals surface area contributed by atoms with Crippen molar-refractivity contribution in [1.29, 1.82) is 0 Å². The van der Waals surface area contributed by atoms with Gasteiger partial charge in [-0.15, -0.1) is 12.6 Å². The van der Waals surface area contributed by atoms with Crippen molar-refractivity contribution in [3.63, 3.8) is 0 Å². The number of thiol groups is 1. The molecule has 0 saturated carbocycles. The predicted octanol–water partition coefficient (Wildman–Crippen LogP) is 10.3. The highest BCUT2D eigenvalue weighted by atomic mass is 32.1. The average Bonchev–Trinajstić information content (AvgIpc) is 2.84. The average molecular weight is 490 g/mol. The van der Waals surface area contributed by atoms with Crippen LogP contribution in [0.5, 0.6) is 0 Å². The maximum Gasteiger partial charge on any atom is 0.253 e. The summed E-state index contributed by atoms with van der Waals surface area (Å²) in [5, 5.41) is 0. The lowest BCUT2D eigenvalue weighted by Crippen LogP contribution is -2.33. The minimum absolute atomic E-state index is 0.183. The molecule has 1 aromatic rings. The van der Waals surface area contributed by atoms with Crippen LogP contribution in [0.25, 0.3) is 0 Å². The van der Waals surface area contributed by atoms with Crippen molar-refractivity contribution in [2.45, 2.75) is 147 Å². The first-order valence-electron chi connectivity index (χ1n) is 14.8. The standard InChI is InChI=1S/C31H55NOS/c1-3-5-7-9-11-13-15-17-19-21-26-32(31(33)29-24-23-25-30(34)28-29)27-22-20-18-16-14-12-10-8-6-4-2/h23-25,28,34H,3-22,26-27H2,1-2H3. The van der Waals surface area contributed by atoms with Crippen LogP contribution in [0.1, 0.15) is 153 Å². The van der Waals surface area contributed by atoms with Crippen molar-refractivity contribution < 1.29 is 4.79 Å². The van der Waals surface area contributed by atoms with E-state index in [2.05, 4.69) is 31.4 Å². The number of hydrogen-bond acceptors (Lipinski definition) is 2. The van der Waals surface area contributed by atoms with Gasteiger partial charge in [-0.05, 0) is 31.0 Å². The number of benzene rings is 1. The molecule has 1 rings (SSSR count). The maximum absolute atomic E-state index is 13.2. The lowest BCUT2D eigenvalue weighted by atomic mass is 10.1. The molecule has 1 amide bonds. The molecule has 0 fully saturated rings. The Hall–Kier alpha value is -0.960. The van der Waals surface area contributed by atoms with Gasteiger partial charge in [-0.2, -0.15) is 0 Å². The van der Waals surface area contributed by atoms with Gasteiger partial charge >= 0.3 is 0 Å². The molecule has 0 saturated heterocycles. The molecule has 3 heteroatoms. The van der Waals surface area contributed by atoms with Crippen LogP contribution in [0, 0.1) is 0 Å². The zero-order chi connectivity index (χ0) is 24.7. The number of nitrogens with zero attached hydrogens (tertiary/aromatic N) is 1. The van der Waals surface area contributed by atoms with E-state index in [0.717, 1.165) is 36.4 Å². The molecular weight excluding hydrogens is 434 g/mol. The molecule has 2 nitrogen and oxygen atoms in total. The van der Waals surface area contributed by atoms with Gasteiger partial charge in [0.15, 0.2) is 0 Å². The highest BCUT2D eigenvalue weighted by Crippen LogP contribution is 2.16. The Morgan fingerprint density at radius 3 is 1.38 bits per heavy atom. The van der Waals surface area contributed by atoms with Gasteiger partial charge in [-0.3, -0.25) is 4.79 Å². The fraction of sp³-hybridized carbons (Fsp3) is 0.774. The SMILES string of the molecule is CCCCCCCCCCCCN(CCCCCCCCCCCC)C(=O)c1cccc(S)c1. The van der Waals surface area contributed by atoms with Crippen LogP contribution in [-0.2, 0) is 0 Å². The number of amides is 1. The van der Waals surface area contributed by atoms with Gasteiger partial charge in [0, 0.05) is 23.5 Å². The molecular formula is C31H55NOS. The van der Waals surface area contributed by atoms with Gasteiger partial charge in [0.2, 0.25) is 0 Å². The van der Waals surface area contributed by atoms with E-state index in [1.54, 1.807) is 0 Å². The Balaban J connectivity index is 2.28. The molecule has 0 heterocycles. The van der Waals surface area contributed by atoms with Crippen molar-refractivity contribution in [1.82, 2.24) is 4.90 Å². The number of unbranched alkanes of at least 4 members (excludes halogenated alkanes) is 18. The Kier molecular flexibility index (Phi) is 20.6. The first kappa shape index (κ1) is 31.1. The summed E-state index contributed by atoms with van der Waals surface area (Å²) in [5.74, 6) is 0.183.